The molecule has 0 saturated heterocycles. The van der Waals surface area contributed by atoms with Gasteiger partial charge in [-0.15, -0.1) is 0 Å². The molecule has 0 spiro atoms. The van der Waals surface area contributed by atoms with Crippen LogP contribution in [0.4, 0.5) is 10.1 Å². The Kier molecular flexibility index (Phi) is 3.02. The number of aliphatic hydroxyl groups is 1. The summed E-state index contributed by atoms with van der Waals surface area (Å²) in [6.45, 7) is -0.00466. The second-order valence-corrected chi connectivity index (χ2v) is 4.42. The lowest BCUT2D eigenvalue weighted by atomic mass is 9.77. The van der Waals surface area contributed by atoms with Gasteiger partial charge in [0.1, 0.15) is 5.82 Å². The molecule has 0 heterocycles. The molecule has 1 aromatic carbocycles. The number of anilines is 1. The molecule has 1 aliphatic carbocycles. The smallest absolute Gasteiger partial charge is 0.338 e. The van der Waals surface area contributed by atoms with Crippen molar-refractivity contribution in [3.63, 3.8) is 0 Å². The van der Waals surface area contributed by atoms with E-state index in [1.165, 1.54) is 12.1 Å². The molecule has 3 N–H and O–H groups in total. The van der Waals surface area contributed by atoms with Crippen LogP contribution in [0.2, 0.25) is 0 Å². The number of hydrogen-bond acceptors (Lipinski definition) is 3. The van der Waals surface area contributed by atoms with Crippen LogP contribution in [0.3, 0.4) is 0 Å². The second kappa shape index (κ2) is 4.33. The molecule has 0 amide bonds. The number of carbonyl (C=O) groups is 1. The van der Waals surface area contributed by atoms with Crippen LogP contribution in [0.15, 0.2) is 18.2 Å². The van der Waals surface area contributed by atoms with Gasteiger partial charge < -0.3 is 15.5 Å². The number of benzene rings is 1. The number of carboxylic acid groups (broad SMARTS) is 1. The van der Waals surface area contributed by atoms with Gasteiger partial charge in [0.25, 0.3) is 0 Å². The van der Waals surface area contributed by atoms with Gasteiger partial charge in [0, 0.05) is 5.69 Å². The third kappa shape index (κ3) is 2.24. The maximum Gasteiger partial charge on any atom is 0.338 e. The van der Waals surface area contributed by atoms with Gasteiger partial charge in [0.2, 0.25) is 0 Å². The van der Waals surface area contributed by atoms with Crippen LogP contribution in [0.5, 0.6) is 0 Å². The van der Waals surface area contributed by atoms with Gasteiger partial charge in [0.15, 0.2) is 0 Å². The summed E-state index contributed by atoms with van der Waals surface area (Å²) in [6, 6.07) is 3.89. The normalized spacial score (nSPS) is 17.3. The minimum atomic E-state index is -1.28. The first kappa shape index (κ1) is 11.9. The lowest BCUT2D eigenvalue weighted by Gasteiger charge is -2.41. The Morgan fingerprint density at radius 1 is 1.47 bits per heavy atom. The van der Waals surface area contributed by atoms with Gasteiger partial charge in [-0.2, -0.15) is 0 Å². The summed E-state index contributed by atoms with van der Waals surface area (Å²) < 4.78 is 13.4. The minimum absolute atomic E-state index is 0.00466. The molecule has 0 bridgehead atoms. The van der Waals surface area contributed by atoms with Crippen molar-refractivity contribution in [1.29, 1.82) is 0 Å². The highest BCUT2D eigenvalue weighted by atomic mass is 19.1. The molecule has 0 atom stereocenters. The van der Waals surface area contributed by atoms with E-state index in [1.807, 2.05) is 0 Å². The van der Waals surface area contributed by atoms with Crippen LogP contribution in [0.25, 0.3) is 0 Å². The van der Waals surface area contributed by atoms with E-state index in [0.29, 0.717) is 5.69 Å². The number of aliphatic hydroxyl groups excluding tert-OH is 1. The predicted octanol–water partition coefficient (Wildman–Crippen LogP) is 1.85. The Morgan fingerprint density at radius 3 is 2.59 bits per heavy atom. The molecular formula is C12H14FNO3. The van der Waals surface area contributed by atoms with Crippen LogP contribution >= 0.6 is 0 Å². The van der Waals surface area contributed by atoms with E-state index in [0.717, 1.165) is 25.3 Å². The van der Waals surface area contributed by atoms with Crippen LogP contribution in [-0.2, 0) is 0 Å². The fourth-order valence-electron chi connectivity index (χ4n) is 2.00. The van der Waals surface area contributed by atoms with Gasteiger partial charge in [-0.3, -0.25) is 0 Å². The lowest BCUT2D eigenvalue weighted by Crippen LogP contribution is -2.48. The fraction of sp³-hybridized carbons (Fsp3) is 0.417. The molecule has 2 rings (SSSR count). The maximum atomic E-state index is 13.4. The van der Waals surface area contributed by atoms with Crippen LogP contribution in [-0.4, -0.2) is 28.3 Å². The summed E-state index contributed by atoms with van der Waals surface area (Å²) in [6.07, 6.45) is 2.71. The predicted molar refractivity (Wildman–Crippen MR) is 60.6 cm³/mol. The molecular weight excluding hydrogens is 225 g/mol. The van der Waals surface area contributed by atoms with Crippen molar-refractivity contribution in [2.45, 2.75) is 24.8 Å². The van der Waals surface area contributed by atoms with E-state index in [2.05, 4.69) is 5.32 Å². The molecule has 1 saturated carbocycles. The largest absolute Gasteiger partial charge is 0.478 e. The summed E-state index contributed by atoms with van der Waals surface area (Å²) in [5.41, 5.74) is -0.208. The van der Waals surface area contributed by atoms with E-state index >= 15 is 0 Å². The third-order valence-corrected chi connectivity index (χ3v) is 3.22. The Labute approximate surface area is 98.1 Å². The van der Waals surface area contributed by atoms with E-state index < -0.39 is 11.8 Å². The Morgan fingerprint density at radius 2 is 2.18 bits per heavy atom. The monoisotopic (exact) mass is 239 g/mol. The highest BCUT2D eigenvalue weighted by Crippen LogP contribution is 2.35. The molecule has 0 aliphatic heterocycles. The molecule has 92 valence electrons. The second-order valence-electron chi connectivity index (χ2n) is 4.42. The molecule has 0 unspecified atom stereocenters. The highest BCUT2D eigenvalue weighted by Gasteiger charge is 2.36. The molecule has 17 heavy (non-hydrogen) atoms. The minimum Gasteiger partial charge on any atom is -0.478 e. The van der Waals surface area contributed by atoms with Crippen LogP contribution in [0, 0.1) is 5.82 Å². The molecule has 1 aromatic rings. The quantitative estimate of drug-likeness (QED) is 0.750. The number of aromatic carboxylic acids is 1. The van der Waals surface area contributed by atoms with Crippen molar-refractivity contribution >= 4 is 11.7 Å². The summed E-state index contributed by atoms with van der Waals surface area (Å²) >= 11 is 0. The number of rotatable bonds is 4. The van der Waals surface area contributed by atoms with Crippen molar-refractivity contribution in [1.82, 2.24) is 0 Å². The summed E-state index contributed by atoms with van der Waals surface area (Å²) in [7, 11) is 0. The van der Waals surface area contributed by atoms with Gasteiger partial charge in [0.05, 0.1) is 17.7 Å². The Bertz CT molecular complexity index is 438. The summed E-state index contributed by atoms with van der Waals surface area (Å²) in [5, 5.41) is 21.0. The average Bonchev–Trinajstić information content (AvgIpc) is 2.23. The highest BCUT2D eigenvalue weighted by molar-refractivity contribution is 5.88. The SMILES string of the molecule is O=C(O)c1ccc(NC2(CO)CCC2)cc1F. The Hall–Kier alpha value is -1.62. The zero-order chi connectivity index (χ0) is 12.5. The first-order valence-corrected chi connectivity index (χ1v) is 5.48. The van der Waals surface area contributed by atoms with E-state index in [9.17, 15) is 14.3 Å². The number of nitrogens with one attached hydrogen (secondary N) is 1. The van der Waals surface area contributed by atoms with Crippen LogP contribution < -0.4 is 5.32 Å². The number of hydrogen-bond donors (Lipinski definition) is 3. The zero-order valence-corrected chi connectivity index (χ0v) is 9.24. The van der Waals surface area contributed by atoms with Gasteiger partial charge in [-0.1, -0.05) is 0 Å². The number of carboxylic acids is 1. The molecule has 0 aromatic heterocycles. The first-order valence-electron chi connectivity index (χ1n) is 5.48. The van der Waals surface area contributed by atoms with Gasteiger partial charge >= 0.3 is 5.97 Å². The maximum absolute atomic E-state index is 13.4. The molecule has 1 aliphatic rings. The van der Waals surface area contributed by atoms with Crippen molar-refractivity contribution in [2.75, 3.05) is 11.9 Å². The van der Waals surface area contributed by atoms with Crippen molar-refractivity contribution in [3.8, 4) is 0 Å². The Balaban J connectivity index is 2.17. The van der Waals surface area contributed by atoms with E-state index in [-0.39, 0.29) is 17.7 Å². The van der Waals surface area contributed by atoms with E-state index in [4.69, 9.17) is 5.11 Å². The number of halogens is 1. The molecule has 5 heteroatoms. The third-order valence-electron chi connectivity index (χ3n) is 3.22. The van der Waals surface area contributed by atoms with Crippen molar-refractivity contribution in [2.24, 2.45) is 0 Å². The molecule has 4 nitrogen and oxygen atoms in total. The topological polar surface area (TPSA) is 69.6 Å². The van der Waals surface area contributed by atoms with Crippen molar-refractivity contribution in [3.05, 3.63) is 29.6 Å². The molecule has 0 radical (unpaired) electrons. The standard InChI is InChI=1S/C12H14FNO3/c13-10-6-8(2-3-9(10)11(16)17)14-12(7-15)4-1-5-12/h2-3,6,14-15H,1,4-5,7H2,(H,16,17). The summed E-state index contributed by atoms with van der Waals surface area (Å²) in [4.78, 5) is 10.6. The average molecular weight is 239 g/mol. The first-order chi connectivity index (χ1) is 8.06. The van der Waals surface area contributed by atoms with Gasteiger partial charge in [-0.05, 0) is 37.5 Å². The fourth-order valence-corrected chi connectivity index (χ4v) is 2.00. The molecule has 1 fully saturated rings. The lowest BCUT2D eigenvalue weighted by molar-refractivity contribution is 0.0692. The van der Waals surface area contributed by atoms with Crippen LogP contribution in [0.1, 0.15) is 29.6 Å². The van der Waals surface area contributed by atoms with Crippen molar-refractivity contribution < 1.29 is 19.4 Å². The van der Waals surface area contributed by atoms with E-state index in [1.54, 1.807) is 0 Å². The van der Waals surface area contributed by atoms with Gasteiger partial charge in [-0.25, -0.2) is 9.18 Å². The zero-order valence-electron chi connectivity index (χ0n) is 9.24. The summed E-state index contributed by atoms with van der Waals surface area (Å²) in [5.74, 6) is -2.05.